The van der Waals surface area contributed by atoms with Gasteiger partial charge in [-0.05, 0) is 41.1 Å². The van der Waals surface area contributed by atoms with Crippen LogP contribution in [0.1, 0.15) is 40.5 Å². The van der Waals surface area contributed by atoms with Crippen LogP contribution in [0.25, 0.3) is 0 Å². The Morgan fingerprint density at radius 3 is 2.33 bits per heavy atom. The second-order valence-electron chi connectivity index (χ2n) is 6.85. The van der Waals surface area contributed by atoms with E-state index in [1.54, 1.807) is 0 Å². The highest BCUT2D eigenvalue weighted by Crippen LogP contribution is 2.71. The summed E-state index contributed by atoms with van der Waals surface area (Å²) in [6.07, 6.45) is 4.06. The van der Waals surface area contributed by atoms with Crippen LogP contribution in [0.4, 0.5) is 0 Å². The first-order chi connectivity index (χ1) is 6.85. The Bertz CT molecular complexity index is 373. The van der Waals surface area contributed by atoms with Crippen molar-refractivity contribution >= 4 is 5.78 Å². The summed E-state index contributed by atoms with van der Waals surface area (Å²) in [6, 6.07) is 0. The number of carbonyl (C=O) groups is 1. The molecule has 0 unspecified atom stereocenters. The molecule has 3 fully saturated rings. The molecule has 1 nitrogen and oxygen atoms in total. The molecule has 0 aliphatic heterocycles. The summed E-state index contributed by atoms with van der Waals surface area (Å²) in [4.78, 5) is 11.6. The van der Waals surface area contributed by atoms with Crippen LogP contribution in [0.5, 0.6) is 0 Å². The minimum Gasteiger partial charge on any atom is -0.295 e. The van der Waals surface area contributed by atoms with Crippen LogP contribution in [0.15, 0.2) is 11.6 Å². The highest BCUT2D eigenvalue weighted by Gasteiger charge is 2.64. The van der Waals surface area contributed by atoms with Crippen molar-refractivity contribution in [2.24, 2.45) is 28.6 Å². The van der Waals surface area contributed by atoms with E-state index in [4.69, 9.17) is 0 Å². The Kier molecular flexibility index (Phi) is 1.53. The van der Waals surface area contributed by atoms with Gasteiger partial charge in [-0.3, -0.25) is 4.79 Å². The van der Waals surface area contributed by atoms with Gasteiger partial charge in [0.2, 0.25) is 0 Å². The van der Waals surface area contributed by atoms with E-state index in [1.165, 1.54) is 12.0 Å². The summed E-state index contributed by atoms with van der Waals surface area (Å²) in [5.41, 5.74) is 2.24. The van der Waals surface area contributed by atoms with E-state index >= 15 is 0 Å². The molecular formula is C14H20O. The highest BCUT2D eigenvalue weighted by atomic mass is 16.1. The van der Waals surface area contributed by atoms with Gasteiger partial charge in [0.15, 0.2) is 5.78 Å². The summed E-state index contributed by atoms with van der Waals surface area (Å²) < 4.78 is 0. The van der Waals surface area contributed by atoms with Crippen molar-refractivity contribution in [2.75, 3.05) is 0 Å². The molecule has 3 saturated carbocycles. The van der Waals surface area contributed by atoms with Crippen molar-refractivity contribution in [3.63, 3.8) is 0 Å². The molecule has 0 aromatic heterocycles. The van der Waals surface area contributed by atoms with Crippen LogP contribution in [-0.4, -0.2) is 5.78 Å². The van der Waals surface area contributed by atoms with Crippen molar-refractivity contribution in [3.8, 4) is 0 Å². The molecule has 0 N–H and O–H groups in total. The van der Waals surface area contributed by atoms with Crippen LogP contribution >= 0.6 is 0 Å². The molecule has 15 heavy (non-hydrogen) atoms. The van der Waals surface area contributed by atoms with Crippen molar-refractivity contribution in [1.29, 1.82) is 0 Å². The Balaban J connectivity index is 2.10. The molecule has 3 atom stereocenters. The van der Waals surface area contributed by atoms with Gasteiger partial charge in [-0.25, -0.2) is 0 Å². The fraction of sp³-hybridized carbons (Fsp3) is 0.786. The molecule has 2 bridgehead atoms. The first-order valence-corrected chi connectivity index (χ1v) is 6.09. The Morgan fingerprint density at radius 2 is 1.73 bits per heavy atom. The van der Waals surface area contributed by atoms with Gasteiger partial charge in [0, 0.05) is 6.42 Å². The number of allylic oxidation sites excluding steroid dienone is 2. The maximum absolute atomic E-state index is 11.6. The summed E-state index contributed by atoms with van der Waals surface area (Å²) >= 11 is 0. The average Bonchev–Trinajstić information content (AvgIpc) is 2.45. The number of hydrogen-bond donors (Lipinski definition) is 0. The molecule has 0 saturated heterocycles. The van der Waals surface area contributed by atoms with Crippen LogP contribution in [0.3, 0.4) is 0 Å². The van der Waals surface area contributed by atoms with E-state index < -0.39 is 0 Å². The van der Waals surface area contributed by atoms with Crippen LogP contribution in [0, 0.1) is 28.6 Å². The zero-order chi connectivity index (χ0) is 11.0. The smallest absolute Gasteiger partial charge is 0.156 e. The maximum Gasteiger partial charge on any atom is 0.156 e. The van der Waals surface area contributed by atoms with Crippen molar-refractivity contribution < 1.29 is 4.79 Å². The largest absolute Gasteiger partial charge is 0.295 e. The lowest BCUT2D eigenvalue weighted by molar-refractivity contribution is -0.137. The van der Waals surface area contributed by atoms with Gasteiger partial charge >= 0.3 is 0 Å². The molecule has 1 heteroatoms. The van der Waals surface area contributed by atoms with Crippen molar-refractivity contribution in [3.05, 3.63) is 11.6 Å². The lowest BCUT2D eigenvalue weighted by atomic mass is 9.38. The third kappa shape index (κ3) is 0.926. The van der Waals surface area contributed by atoms with E-state index in [9.17, 15) is 4.79 Å². The first-order valence-electron chi connectivity index (χ1n) is 6.09. The number of ketones is 1. The normalized spacial score (nSPS) is 44.4. The average molecular weight is 204 g/mol. The molecule has 0 radical (unpaired) electrons. The van der Waals surface area contributed by atoms with Crippen LogP contribution in [-0.2, 0) is 4.79 Å². The maximum atomic E-state index is 11.6. The van der Waals surface area contributed by atoms with Gasteiger partial charge in [0.25, 0.3) is 0 Å². The summed E-state index contributed by atoms with van der Waals surface area (Å²) in [5, 5.41) is 0. The molecule has 4 aliphatic rings. The molecule has 0 heterocycles. The van der Waals surface area contributed by atoms with Gasteiger partial charge in [-0.2, -0.15) is 0 Å². The van der Waals surface area contributed by atoms with E-state index in [-0.39, 0.29) is 0 Å². The van der Waals surface area contributed by atoms with Crippen molar-refractivity contribution in [1.82, 2.24) is 0 Å². The molecular weight excluding hydrogens is 184 g/mol. The Hall–Kier alpha value is -0.590. The first kappa shape index (κ1) is 9.62. The zero-order valence-electron chi connectivity index (χ0n) is 10.1. The predicted octanol–water partition coefficient (Wildman–Crippen LogP) is 3.20. The van der Waals surface area contributed by atoms with E-state index in [0.29, 0.717) is 28.4 Å². The summed E-state index contributed by atoms with van der Waals surface area (Å²) in [5.74, 6) is 2.43. The van der Waals surface area contributed by atoms with Gasteiger partial charge in [0.1, 0.15) is 0 Å². The van der Waals surface area contributed by atoms with Crippen molar-refractivity contribution in [2.45, 2.75) is 40.5 Å². The topological polar surface area (TPSA) is 17.1 Å². The molecule has 0 spiro atoms. The predicted molar refractivity (Wildman–Crippen MR) is 60.4 cm³/mol. The summed E-state index contributed by atoms with van der Waals surface area (Å²) in [6.45, 7) is 9.50. The molecule has 0 aromatic rings. The Morgan fingerprint density at radius 1 is 1.13 bits per heavy atom. The van der Waals surface area contributed by atoms with Gasteiger partial charge in [0.05, 0.1) is 0 Å². The SMILES string of the molecule is CC1(C)[C@H]2C[C@@H]1C1=CC(=O)C[C@@H]1C2(C)C. The molecule has 82 valence electrons. The molecule has 0 aromatic carbocycles. The van der Waals surface area contributed by atoms with Gasteiger partial charge in [-0.15, -0.1) is 0 Å². The standard InChI is InChI=1S/C14H20O/c1-13(2)10-6-8(15)5-9(10)11-7-12(13)14(11,3)4/h5,10-12H,6-7H2,1-4H3/t10-,11+,12-/m0/s1. The van der Waals surface area contributed by atoms with E-state index in [0.717, 1.165) is 12.3 Å². The van der Waals surface area contributed by atoms with E-state index in [2.05, 4.69) is 27.7 Å². The van der Waals surface area contributed by atoms with Gasteiger partial charge < -0.3 is 0 Å². The number of carbonyl (C=O) groups excluding carboxylic acids is 1. The molecule has 4 aliphatic carbocycles. The van der Waals surface area contributed by atoms with Crippen LogP contribution in [0.2, 0.25) is 0 Å². The second-order valence-corrected chi connectivity index (χ2v) is 6.85. The fourth-order valence-corrected chi connectivity index (χ4v) is 4.70. The van der Waals surface area contributed by atoms with Gasteiger partial charge in [-0.1, -0.05) is 33.3 Å². The third-order valence-electron chi connectivity index (χ3n) is 5.60. The number of hydrogen-bond acceptors (Lipinski definition) is 1. The minimum atomic E-state index is 0.330. The number of rotatable bonds is 0. The fourth-order valence-electron chi connectivity index (χ4n) is 4.70. The molecule has 4 rings (SSSR count). The Labute approximate surface area is 91.9 Å². The zero-order valence-corrected chi connectivity index (χ0v) is 10.1. The lowest BCUT2D eigenvalue weighted by Gasteiger charge is -2.66. The lowest BCUT2D eigenvalue weighted by Crippen LogP contribution is -2.60. The summed E-state index contributed by atoms with van der Waals surface area (Å²) in [7, 11) is 0. The van der Waals surface area contributed by atoms with Crippen LogP contribution < -0.4 is 0 Å². The molecule has 0 amide bonds. The minimum absolute atomic E-state index is 0.330. The van der Waals surface area contributed by atoms with E-state index in [1.807, 2.05) is 6.08 Å². The second kappa shape index (κ2) is 2.39. The highest BCUT2D eigenvalue weighted by molar-refractivity contribution is 5.94. The monoisotopic (exact) mass is 204 g/mol. The third-order valence-corrected chi connectivity index (χ3v) is 5.60. The quantitative estimate of drug-likeness (QED) is 0.592.